The number of esters is 2. The van der Waals surface area contributed by atoms with E-state index in [0.29, 0.717) is 17.4 Å². The maximum Gasteiger partial charge on any atom is 0.472 e. The Hall–Kier alpha value is -2.55. The van der Waals surface area contributed by atoms with Crippen LogP contribution in [0.3, 0.4) is 0 Å². The number of quaternary nitrogens is 1. The molecule has 0 saturated heterocycles. The van der Waals surface area contributed by atoms with Crippen molar-refractivity contribution in [3.63, 3.8) is 0 Å². The van der Waals surface area contributed by atoms with Crippen molar-refractivity contribution in [3.05, 3.63) is 72.9 Å². The first-order chi connectivity index (χ1) is 35.0. The highest BCUT2D eigenvalue weighted by Gasteiger charge is 2.27. The molecule has 0 bridgehead atoms. The van der Waals surface area contributed by atoms with Gasteiger partial charge in [-0.15, -0.1) is 0 Å². The molecule has 0 spiro atoms. The number of likely N-dealkylation sites (N-methyl/N-ethyl adjacent to an activating group) is 1. The van der Waals surface area contributed by atoms with E-state index in [1.165, 1.54) is 148 Å². The summed E-state index contributed by atoms with van der Waals surface area (Å²) >= 11 is 0. The molecule has 0 amide bonds. The number of carbonyl (C=O) groups excluding carboxylic acids is 2. The van der Waals surface area contributed by atoms with E-state index in [0.717, 1.165) is 77.0 Å². The zero-order chi connectivity index (χ0) is 52.7. The van der Waals surface area contributed by atoms with Gasteiger partial charge in [0, 0.05) is 12.8 Å². The highest BCUT2D eigenvalue weighted by molar-refractivity contribution is 7.47. The van der Waals surface area contributed by atoms with Crippen molar-refractivity contribution in [3.8, 4) is 0 Å². The zero-order valence-electron chi connectivity index (χ0n) is 47.4. The lowest BCUT2D eigenvalue weighted by atomic mass is 10.0. The zero-order valence-corrected chi connectivity index (χ0v) is 48.3. The van der Waals surface area contributed by atoms with Crippen molar-refractivity contribution in [2.45, 2.75) is 264 Å². The Balaban J connectivity index is 4.19. The van der Waals surface area contributed by atoms with Crippen LogP contribution in [0.5, 0.6) is 0 Å². The molecule has 0 aliphatic rings. The van der Waals surface area contributed by atoms with Crippen LogP contribution >= 0.6 is 7.82 Å². The van der Waals surface area contributed by atoms with Crippen LogP contribution < -0.4 is 0 Å². The molecule has 0 aliphatic carbocycles. The highest BCUT2D eigenvalue weighted by Crippen LogP contribution is 2.43. The third-order valence-corrected chi connectivity index (χ3v) is 13.7. The Morgan fingerprint density at radius 3 is 1.11 bits per heavy atom. The minimum absolute atomic E-state index is 0.0264. The molecule has 0 aromatic carbocycles. The average Bonchev–Trinajstić information content (AvgIpc) is 3.34. The third-order valence-electron chi connectivity index (χ3n) is 12.7. The molecule has 10 heteroatoms. The molecule has 0 aromatic rings. The number of phosphoric acid groups is 1. The summed E-state index contributed by atoms with van der Waals surface area (Å²) in [7, 11) is 1.46. The van der Waals surface area contributed by atoms with Gasteiger partial charge in [-0.3, -0.25) is 18.6 Å². The number of carbonyl (C=O) groups is 2. The lowest BCUT2D eigenvalue weighted by Gasteiger charge is -2.24. The lowest BCUT2D eigenvalue weighted by Crippen LogP contribution is -2.37. The third kappa shape index (κ3) is 56.7. The first-order valence-electron chi connectivity index (χ1n) is 29.7. The first-order valence-corrected chi connectivity index (χ1v) is 31.2. The second kappa shape index (κ2) is 53.3. The van der Waals surface area contributed by atoms with Gasteiger partial charge in [0.25, 0.3) is 0 Å². The van der Waals surface area contributed by atoms with Gasteiger partial charge in [-0.2, -0.15) is 0 Å². The maximum atomic E-state index is 12.8. The van der Waals surface area contributed by atoms with Gasteiger partial charge in [-0.25, -0.2) is 4.57 Å². The summed E-state index contributed by atoms with van der Waals surface area (Å²) in [5, 5.41) is 0. The summed E-state index contributed by atoms with van der Waals surface area (Å²) in [5.74, 6) is -0.811. The summed E-state index contributed by atoms with van der Waals surface area (Å²) in [6.45, 7) is 4.41. The number of nitrogens with zero attached hydrogens (tertiary/aromatic N) is 1. The summed E-state index contributed by atoms with van der Waals surface area (Å²) in [4.78, 5) is 35.7. The fourth-order valence-corrected chi connectivity index (χ4v) is 8.83. The number of allylic oxidation sites excluding steroid dienone is 12. The number of hydrogen-bond donors (Lipinski definition) is 1. The van der Waals surface area contributed by atoms with Crippen LogP contribution in [-0.2, 0) is 32.7 Å². The summed E-state index contributed by atoms with van der Waals surface area (Å²) < 4.78 is 34.6. The Morgan fingerprint density at radius 2 is 0.750 bits per heavy atom. The molecule has 0 saturated carbocycles. The normalized spacial score (nSPS) is 13.8. The van der Waals surface area contributed by atoms with E-state index in [1.807, 2.05) is 21.1 Å². The van der Waals surface area contributed by atoms with E-state index < -0.39 is 26.5 Å². The molecule has 418 valence electrons. The van der Waals surface area contributed by atoms with Crippen molar-refractivity contribution >= 4 is 19.8 Å². The Bertz CT molecular complexity index is 1450. The van der Waals surface area contributed by atoms with Crippen LogP contribution in [0.2, 0.25) is 0 Å². The van der Waals surface area contributed by atoms with E-state index >= 15 is 0 Å². The Labute approximate surface area is 444 Å². The molecule has 72 heavy (non-hydrogen) atoms. The largest absolute Gasteiger partial charge is 0.472 e. The Kier molecular flexibility index (Phi) is 51.4. The lowest BCUT2D eigenvalue weighted by molar-refractivity contribution is -0.870. The number of unbranched alkanes of at least 4 members (excludes halogenated alkanes) is 28. The number of ether oxygens (including phenoxy) is 2. The van der Waals surface area contributed by atoms with Crippen molar-refractivity contribution in [2.75, 3.05) is 47.5 Å². The topological polar surface area (TPSA) is 108 Å². The van der Waals surface area contributed by atoms with Gasteiger partial charge in [0.15, 0.2) is 6.10 Å². The van der Waals surface area contributed by atoms with Gasteiger partial charge >= 0.3 is 19.8 Å². The van der Waals surface area contributed by atoms with E-state index in [2.05, 4.69) is 86.8 Å². The van der Waals surface area contributed by atoms with Gasteiger partial charge in [-0.05, 0) is 89.9 Å². The molecule has 0 aliphatic heterocycles. The van der Waals surface area contributed by atoms with Crippen molar-refractivity contribution in [1.29, 1.82) is 0 Å². The fraction of sp³-hybridized carbons (Fsp3) is 0.774. The van der Waals surface area contributed by atoms with Crippen LogP contribution in [0, 0.1) is 0 Å². The maximum absolute atomic E-state index is 12.8. The minimum Gasteiger partial charge on any atom is -0.462 e. The summed E-state index contributed by atoms with van der Waals surface area (Å²) in [5.41, 5.74) is 0. The molecule has 1 N–H and O–H groups in total. The molecule has 0 aromatic heterocycles. The van der Waals surface area contributed by atoms with E-state index in [1.54, 1.807) is 0 Å². The first kappa shape index (κ1) is 69.5. The predicted octanol–water partition coefficient (Wildman–Crippen LogP) is 18.5. The summed E-state index contributed by atoms with van der Waals surface area (Å²) in [6.07, 6.45) is 69.6. The molecule has 2 unspecified atom stereocenters. The fourth-order valence-electron chi connectivity index (χ4n) is 8.09. The molecule has 0 fully saturated rings. The molecular weight excluding hydrogens is 918 g/mol. The molecule has 0 rings (SSSR count). The van der Waals surface area contributed by atoms with Crippen LogP contribution in [0.1, 0.15) is 258 Å². The van der Waals surface area contributed by atoms with Gasteiger partial charge in [0.05, 0.1) is 27.7 Å². The van der Waals surface area contributed by atoms with Crippen molar-refractivity contribution in [1.82, 2.24) is 0 Å². The Morgan fingerprint density at radius 1 is 0.431 bits per heavy atom. The predicted molar refractivity (Wildman–Crippen MR) is 307 cm³/mol. The second-order valence-corrected chi connectivity index (χ2v) is 22.5. The molecule has 2 atom stereocenters. The quantitative estimate of drug-likeness (QED) is 0.0211. The molecule has 0 radical (unpaired) electrons. The summed E-state index contributed by atoms with van der Waals surface area (Å²) in [6, 6.07) is 0. The number of phosphoric ester groups is 1. The SMILES string of the molecule is CCCCCCC/C=C\C/C=C\C/C=C\CCCCCCCCCCCCCCC(=O)OC(COC(=O)CCCCCCCC/C=C\C/C=C\C/C=C\CCCCCCC)COP(=O)(O)OCC[N+](C)(C)C. The smallest absolute Gasteiger partial charge is 0.462 e. The van der Waals surface area contributed by atoms with E-state index in [9.17, 15) is 19.0 Å². The number of hydrogen-bond acceptors (Lipinski definition) is 7. The van der Waals surface area contributed by atoms with Gasteiger partial charge < -0.3 is 18.9 Å². The van der Waals surface area contributed by atoms with Crippen LogP contribution in [0.4, 0.5) is 0 Å². The molecule has 9 nitrogen and oxygen atoms in total. The average molecular weight is 1030 g/mol. The van der Waals surface area contributed by atoms with Crippen LogP contribution in [-0.4, -0.2) is 74.9 Å². The van der Waals surface area contributed by atoms with Crippen LogP contribution in [0.15, 0.2) is 72.9 Å². The monoisotopic (exact) mass is 1030 g/mol. The van der Waals surface area contributed by atoms with Gasteiger partial charge in [0.2, 0.25) is 0 Å². The number of rotatable bonds is 54. The molecular formula is C62H113NO8P+. The van der Waals surface area contributed by atoms with Gasteiger partial charge in [0.1, 0.15) is 19.8 Å². The minimum atomic E-state index is -4.39. The molecule has 0 heterocycles. The standard InChI is InChI=1S/C62H112NO8P/c1-6-8-10-12-14-16-18-20-22-24-26-28-29-30-31-32-33-35-37-39-41-43-45-47-49-51-53-55-62(65)71-60(59-70-72(66,67)69-57-56-63(3,4)5)58-68-61(64)54-52-50-48-46-44-42-40-38-36-34-27-25-23-21-19-17-15-13-11-9-7-2/h18-21,24-27,29-30,36,38,60H,6-17,22-23,28,31-35,37,39-59H2,1-5H3/p+1/b20-18-,21-19-,26-24-,27-25-,30-29-,38-36-. The van der Waals surface area contributed by atoms with Crippen LogP contribution in [0.25, 0.3) is 0 Å². The van der Waals surface area contributed by atoms with E-state index in [-0.39, 0.29) is 32.0 Å². The highest BCUT2D eigenvalue weighted by atomic mass is 31.2. The van der Waals surface area contributed by atoms with E-state index in [4.69, 9.17) is 18.5 Å². The van der Waals surface area contributed by atoms with Gasteiger partial charge in [-0.1, -0.05) is 228 Å². The van der Waals surface area contributed by atoms with Crippen molar-refractivity contribution in [2.24, 2.45) is 0 Å². The second-order valence-electron chi connectivity index (χ2n) is 21.0. The van der Waals surface area contributed by atoms with Crippen molar-refractivity contribution < 1.29 is 42.1 Å².